The minimum Gasteiger partial charge on any atom is -0.465 e. The maximum atomic E-state index is 11.9. The van der Waals surface area contributed by atoms with Crippen LogP contribution in [0.3, 0.4) is 0 Å². The summed E-state index contributed by atoms with van der Waals surface area (Å²) in [6, 6.07) is 13.1. The van der Waals surface area contributed by atoms with Crippen molar-refractivity contribution in [3.63, 3.8) is 0 Å². The average Bonchev–Trinajstić information content (AvgIpc) is 2.65. The Morgan fingerprint density at radius 3 is 2.41 bits per heavy atom. The fourth-order valence-corrected chi connectivity index (χ4v) is 3.00. The van der Waals surface area contributed by atoms with E-state index in [0.717, 1.165) is 16.8 Å². The number of hydrogen-bond donors (Lipinski definition) is 2. The Morgan fingerprint density at radius 2 is 1.70 bits per heavy atom. The number of ether oxygens (including phenoxy) is 1. The van der Waals surface area contributed by atoms with Crippen LogP contribution in [0, 0.1) is 20.8 Å². The first-order valence-corrected chi connectivity index (χ1v) is 8.60. The molecule has 0 spiro atoms. The van der Waals surface area contributed by atoms with Crippen molar-refractivity contribution in [3.8, 4) is 0 Å². The van der Waals surface area contributed by atoms with Crippen LogP contribution in [-0.2, 0) is 4.74 Å². The minimum absolute atomic E-state index is 0.406. The third-order valence-electron chi connectivity index (χ3n) is 4.16. The van der Waals surface area contributed by atoms with Gasteiger partial charge in [-0.05, 0) is 50.1 Å². The van der Waals surface area contributed by atoms with Gasteiger partial charge in [-0.3, -0.25) is 0 Å². The number of benzene rings is 2. The summed E-state index contributed by atoms with van der Waals surface area (Å²) < 4.78 is 4.83. The molecule has 1 aromatic heterocycles. The standard InChI is InChI=1S/C21H22N4O2/c1-13-11-14(2)19(15(3)12-13)25-21-22-10-9-18(24-21)23-17-8-6-5-7-16(17)20(26)27-4/h5-12H,1-4H3,(H2,22,23,24,25). The van der Waals surface area contributed by atoms with E-state index in [2.05, 4.69) is 53.5 Å². The van der Waals surface area contributed by atoms with Crippen LogP contribution >= 0.6 is 0 Å². The molecule has 6 heteroatoms. The first-order chi connectivity index (χ1) is 13.0. The summed E-state index contributed by atoms with van der Waals surface area (Å²) in [5.41, 5.74) is 5.53. The van der Waals surface area contributed by atoms with Crippen LogP contribution in [0.4, 0.5) is 23.1 Å². The number of anilines is 4. The molecule has 2 N–H and O–H groups in total. The zero-order valence-electron chi connectivity index (χ0n) is 15.8. The van der Waals surface area contributed by atoms with Crippen LogP contribution in [0.15, 0.2) is 48.7 Å². The molecule has 0 radical (unpaired) electrons. The Kier molecular flexibility index (Phi) is 5.35. The topological polar surface area (TPSA) is 76.1 Å². The third-order valence-corrected chi connectivity index (χ3v) is 4.16. The van der Waals surface area contributed by atoms with Crippen LogP contribution < -0.4 is 10.6 Å². The Balaban J connectivity index is 1.87. The van der Waals surface area contributed by atoms with E-state index < -0.39 is 5.97 Å². The zero-order chi connectivity index (χ0) is 19.4. The molecule has 0 unspecified atom stereocenters. The first-order valence-electron chi connectivity index (χ1n) is 8.60. The summed E-state index contributed by atoms with van der Waals surface area (Å²) in [4.78, 5) is 20.7. The number of carbonyl (C=O) groups excluding carboxylic acids is 1. The number of esters is 1. The van der Waals surface area contributed by atoms with E-state index in [4.69, 9.17) is 4.74 Å². The van der Waals surface area contributed by atoms with Gasteiger partial charge in [0.2, 0.25) is 5.95 Å². The van der Waals surface area contributed by atoms with Gasteiger partial charge in [-0.25, -0.2) is 9.78 Å². The highest BCUT2D eigenvalue weighted by atomic mass is 16.5. The Hall–Kier alpha value is -3.41. The van der Waals surface area contributed by atoms with Gasteiger partial charge in [0.05, 0.1) is 18.4 Å². The van der Waals surface area contributed by atoms with Gasteiger partial charge >= 0.3 is 5.97 Å². The molecule has 6 nitrogen and oxygen atoms in total. The maximum Gasteiger partial charge on any atom is 0.339 e. The van der Waals surface area contributed by atoms with Crippen molar-refractivity contribution in [1.29, 1.82) is 0 Å². The molecule has 0 saturated carbocycles. The molecule has 0 aliphatic heterocycles. The molecule has 0 fully saturated rings. The van der Waals surface area contributed by atoms with Crippen molar-refractivity contribution < 1.29 is 9.53 Å². The highest BCUT2D eigenvalue weighted by Crippen LogP contribution is 2.26. The Morgan fingerprint density at radius 1 is 1.00 bits per heavy atom. The largest absolute Gasteiger partial charge is 0.465 e. The van der Waals surface area contributed by atoms with Crippen LogP contribution in [0.2, 0.25) is 0 Å². The molecule has 0 aliphatic rings. The van der Waals surface area contributed by atoms with Gasteiger partial charge in [-0.2, -0.15) is 4.98 Å². The molecule has 1 heterocycles. The lowest BCUT2D eigenvalue weighted by Crippen LogP contribution is -2.07. The first kappa shape index (κ1) is 18.4. The van der Waals surface area contributed by atoms with Gasteiger partial charge in [-0.1, -0.05) is 29.8 Å². The predicted octanol–water partition coefficient (Wildman–Crippen LogP) is 4.68. The molecule has 2 aromatic carbocycles. The molecular weight excluding hydrogens is 340 g/mol. The fourth-order valence-electron chi connectivity index (χ4n) is 3.00. The van der Waals surface area contributed by atoms with Gasteiger partial charge in [0, 0.05) is 11.9 Å². The van der Waals surface area contributed by atoms with Crippen LogP contribution in [0.1, 0.15) is 27.0 Å². The van der Waals surface area contributed by atoms with E-state index in [0.29, 0.717) is 23.0 Å². The summed E-state index contributed by atoms with van der Waals surface area (Å²) >= 11 is 0. The van der Waals surface area contributed by atoms with Gasteiger partial charge in [0.25, 0.3) is 0 Å². The number of hydrogen-bond acceptors (Lipinski definition) is 6. The highest BCUT2D eigenvalue weighted by Gasteiger charge is 2.12. The molecule has 3 aromatic rings. The summed E-state index contributed by atoms with van der Waals surface area (Å²) in [5, 5.41) is 6.45. The molecule has 0 aliphatic carbocycles. The zero-order valence-corrected chi connectivity index (χ0v) is 15.8. The van der Waals surface area contributed by atoms with E-state index in [1.165, 1.54) is 12.7 Å². The quantitative estimate of drug-likeness (QED) is 0.642. The van der Waals surface area contributed by atoms with Gasteiger partial charge in [-0.15, -0.1) is 0 Å². The van der Waals surface area contributed by atoms with E-state index in [1.807, 2.05) is 6.07 Å². The van der Waals surface area contributed by atoms with E-state index in [-0.39, 0.29) is 0 Å². The number of aryl methyl sites for hydroxylation is 3. The normalized spacial score (nSPS) is 10.4. The fraction of sp³-hybridized carbons (Fsp3) is 0.190. The van der Waals surface area contributed by atoms with Crippen molar-refractivity contribution in [1.82, 2.24) is 9.97 Å². The molecule has 27 heavy (non-hydrogen) atoms. The Bertz CT molecular complexity index is 962. The van der Waals surface area contributed by atoms with Crippen LogP contribution in [0.5, 0.6) is 0 Å². The highest BCUT2D eigenvalue weighted by molar-refractivity contribution is 5.96. The number of methoxy groups -OCH3 is 1. The lowest BCUT2D eigenvalue weighted by atomic mass is 10.1. The lowest BCUT2D eigenvalue weighted by Gasteiger charge is -2.14. The number of rotatable bonds is 5. The second-order valence-electron chi connectivity index (χ2n) is 6.33. The van der Waals surface area contributed by atoms with Crippen LogP contribution in [0.25, 0.3) is 0 Å². The van der Waals surface area contributed by atoms with E-state index in [9.17, 15) is 4.79 Å². The van der Waals surface area contributed by atoms with Crippen molar-refractivity contribution in [2.75, 3.05) is 17.7 Å². The molecule has 138 valence electrons. The molecule has 0 saturated heterocycles. The van der Waals surface area contributed by atoms with Crippen molar-refractivity contribution in [3.05, 3.63) is 70.9 Å². The summed E-state index contributed by atoms with van der Waals surface area (Å²) in [6.45, 7) is 6.18. The van der Waals surface area contributed by atoms with E-state index >= 15 is 0 Å². The minimum atomic E-state index is -0.406. The van der Waals surface area contributed by atoms with Gasteiger partial charge in [0.15, 0.2) is 0 Å². The Labute approximate surface area is 158 Å². The number of para-hydroxylation sites is 1. The second kappa shape index (κ2) is 7.86. The molecular formula is C21H22N4O2. The number of carbonyl (C=O) groups is 1. The van der Waals surface area contributed by atoms with Crippen molar-refractivity contribution >= 4 is 29.1 Å². The molecule has 0 atom stereocenters. The monoisotopic (exact) mass is 362 g/mol. The summed E-state index contributed by atoms with van der Waals surface area (Å²) in [5.74, 6) is 0.647. The maximum absolute atomic E-state index is 11.9. The summed E-state index contributed by atoms with van der Waals surface area (Å²) in [7, 11) is 1.36. The number of nitrogens with one attached hydrogen (secondary N) is 2. The third kappa shape index (κ3) is 4.23. The number of nitrogens with zero attached hydrogens (tertiary/aromatic N) is 2. The smallest absolute Gasteiger partial charge is 0.339 e. The average molecular weight is 362 g/mol. The number of aromatic nitrogens is 2. The predicted molar refractivity (Wildman–Crippen MR) is 107 cm³/mol. The second-order valence-corrected chi connectivity index (χ2v) is 6.33. The SMILES string of the molecule is COC(=O)c1ccccc1Nc1ccnc(Nc2c(C)cc(C)cc2C)n1. The lowest BCUT2D eigenvalue weighted by molar-refractivity contribution is 0.0602. The van der Waals surface area contributed by atoms with Crippen molar-refractivity contribution in [2.24, 2.45) is 0 Å². The van der Waals surface area contributed by atoms with Gasteiger partial charge in [0.1, 0.15) is 5.82 Å². The summed E-state index contributed by atoms with van der Waals surface area (Å²) in [6.07, 6.45) is 1.66. The molecule has 0 bridgehead atoms. The molecule has 3 rings (SSSR count). The van der Waals surface area contributed by atoms with Crippen molar-refractivity contribution in [2.45, 2.75) is 20.8 Å². The van der Waals surface area contributed by atoms with Gasteiger partial charge < -0.3 is 15.4 Å². The molecule has 0 amide bonds. The van der Waals surface area contributed by atoms with E-state index in [1.54, 1.807) is 30.5 Å². The van der Waals surface area contributed by atoms with Crippen LogP contribution in [-0.4, -0.2) is 23.0 Å².